The van der Waals surface area contributed by atoms with Crippen LogP contribution in [-0.2, 0) is 4.74 Å². The van der Waals surface area contributed by atoms with Crippen LogP contribution < -0.4 is 5.32 Å². The van der Waals surface area contributed by atoms with Crippen molar-refractivity contribution in [3.63, 3.8) is 0 Å². The molecule has 0 amide bonds. The first-order chi connectivity index (χ1) is 7.16. The molecule has 4 heteroatoms. The molecule has 15 heavy (non-hydrogen) atoms. The maximum atomic E-state index is 13.2. The van der Waals surface area contributed by atoms with Gasteiger partial charge >= 0.3 is 0 Å². The van der Waals surface area contributed by atoms with Crippen LogP contribution in [0, 0.1) is 5.82 Å². The van der Waals surface area contributed by atoms with Crippen molar-refractivity contribution in [3.8, 4) is 0 Å². The predicted octanol–water partition coefficient (Wildman–Crippen LogP) is 2.53. The first-order valence-electron chi connectivity index (χ1n) is 4.95. The Hall–Kier alpha value is -0.640. The lowest BCUT2D eigenvalue weighted by molar-refractivity contribution is -0.00926. The van der Waals surface area contributed by atoms with E-state index in [1.807, 2.05) is 13.0 Å². The Kier molecular flexibility index (Phi) is 3.24. The van der Waals surface area contributed by atoms with Crippen LogP contribution in [0.2, 0.25) is 5.02 Å². The van der Waals surface area contributed by atoms with E-state index >= 15 is 0 Å². The lowest BCUT2D eigenvalue weighted by Crippen LogP contribution is -2.46. The van der Waals surface area contributed by atoms with Crippen molar-refractivity contribution in [3.05, 3.63) is 34.6 Å². The van der Waals surface area contributed by atoms with Crippen molar-refractivity contribution in [1.82, 2.24) is 5.32 Å². The zero-order valence-corrected chi connectivity index (χ0v) is 9.22. The van der Waals surface area contributed by atoms with Gasteiger partial charge in [0, 0.05) is 6.04 Å². The summed E-state index contributed by atoms with van der Waals surface area (Å²) in [4.78, 5) is 0. The molecular formula is C11H13ClFNO. The zero-order chi connectivity index (χ0) is 10.8. The monoisotopic (exact) mass is 229 g/mol. The molecule has 82 valence electrons. The predicted molar refractivity (Wildman–Crippen MR) is 57.6 cm³/mol. The normalized spacial score (nSPS) is 18.6. The summed E-state index contributed by atoms with van der Waals surface area (Å²) in [5.74, 6) is -0.368. The molecule has 1 aliphatic rings. The highest BCUT2D eigenvalue weighted by Gasteiger charge is 2.20. The van der Waals surface area contributed by atoms with Gasteiger partial charge in [0.25, 0.3) is 0 Å². The van der Waals surface area contributed by atoms with Crippen LogP contribution in [0.15, 0.2) is 18.2 Å². The molecule has 1 saturated heterocycles. The van der Waals surface area contributed by atoms with Gasteiger partial charge in [-0.2, -0.15) is 0 Å². The van der Waals surface area contributed by atoms with E-state index in [1.165, 1.54) is 6.07 Å². The lowest BCUT2D eigenvalue weighted by Gasteiger charge is -2.30. The van der Waals surface area contributed by atoms with Crippen molar-refractivity contribution in [2.45, 2.75) is 19.0 Å². The largest absolute Gasteiger partial charge is 0.378 e. The highest BCUT2D eigenvalue weighted by molar-refractivity contribution is 6.30. The SMILES string of the molecule is CC(NC1COC1)c1ccc(Cl)c(F)c1. The molecule has 1 atom stereocenters. The van der Waals surface area contributed by atoms with Crippen LogP contribution in [0.4, 0.5) is 4.39 Å². The summed E-state index contributed by atoms with van der Waals surface area (Å²) in [5, 5.41) is 3.51. The molecule has 0 aromatic heterocycles. The Balaban J connectivity index is 2.03. The molecule has 0 radical (unpaired) electrons. The van der Waals surface area contributed by atoms with Gasteiger partial charge < -0.3 is 10.1 Å². The van der Waals surface area contributed by atoms with E-state index in [2.05, 4.69) is 5.32 Å². The van der Waals surface area contributed by atoms with E-state index in [-0.39, 0.29) is 16.9 Å². The van der Waals surface area contributed by atoms with E-state index in [0.29, 0.717) is 6.04 Å². The number of ether oxygens (including phenoxy) is 1. The fourth-order valence-electron chi connectivity index (χ4n) is 1.56. The number of hydrogen-bond acceptors (Lipinski definition) is 2. The highest BCUT2D eigenvalue weighted by atomic mass is 35.5. The molecule has 1 aromatic carbocycles. The summed E-state index contributed by atoms with van der Waals surface area (Å²) in [6, 6.07) is 5.40. The third-order valence-electron chi connectivity index (χ3n) is 2.57. The molecule has 0 saturated carbocycles. The van der Waals surface area contributed by atoms with Gasteiger partial charge in [0.1, 0.15) is 5.82 Å². The summed E-state index contributed by atoms with van der Waals surface area (Å²) < 4.78 is 18.2. The molecule has 1 unspecified atom stereocenters. The van der Waals surface area contributed by atoms with Crippen molar-refractivity contribution in [2.75, 3.05) is 13.2 Å². The smallest absolute Gasteiger partial charge is 0.142 e. The molecule has 1 N–H and O–H groups in total. The molecule has 0 aliphatic carbocycles. The Labute approximate surface area is 93.4 Å². The molecule has 1 fully saturated rings. The molecule has 1 aromatic rings. The van der Waals surface area contributed by atoms with Crippen molar-refractivity contribution < 1.29 is 9.13 Å². The average molecular weight is 230 g/mol. The summed E-state index contributed by atoms with van der Waals surface area (Å²) in [6.45, 7) is 3.47. The standard InChI is InChI=1S/C11H13ClFNO/c1-7(14-9-5-15-6-9)8-2-3-10(12)11(13)4-8/h2-4,7,9,14H,5-6H2,1H3. The molecule has 2 nitrogen and oxygen atoms in total. The van der Waals surface area contributed by atoms with Gasteiger partial charge in [0.2, 0.25) is 0 Å². The molecule has 0 spiro atoms. The topological polar surface area (TPSA) is 21.3 Å². The van der Waals surface area contributed by atoms with Crippen molar-refractivity contribution >= 4 is 11.6 Å². The average Bonchev–Trinajstić information content (AvgIpc) is 2.15. The van der Waals surface area contributed by atoms with Crippen molar-refractivity contribution in [1.29, 1.82) is 0 Å². The Morgan fingerprint density at radius 2 is 2.27 bits per heavy atom. The second kappa shape index (κ2) is 4.47. The molecule has 1 heterocycles. The molecule has 1 aliphatic heterocycles. The van der Waals surface area contributed by atoms with E-state index in [9.17, 15) is 4.39 Å². The maximum Gasteiger partial charge on any atom is 0.142 e. The van der Waals surface area contributed by atoms with Gasteiger partial charge in [0.15, 0.2) is 0 Å². The summed E-state index contributed by atoms with van der Waals surface area (Å²) in [7, 11) is 0. The fraction of sp³-hybridized carbons (Fsp3) is 0.455. The first kappa shape index (κ1) is 10.9. The molecular weight excluding hydrogens is 217 g/mol. The Bertz CT molecular complexity index is 354. The second-order valence-corrected chi connectivity index (χ2v) is 4.20. The van der Waals surface area contributed by atoms with Gasteiger partial charge in [-0.3, -0.25) is 0 Å². The molecule has 0 bridgehead atoms. The Morgan fingerprint density at radius 1 is 1.53 bits per heavy atom. The summed E-state index contributed by atoms with van der Waals surface area (Å²) in [5.41, 5.74) is 0.906. The van der Waals surface area contributed by atoms with Gasteiger partial charge in [-0.05, 0) is 24.6 Å². The number of rotatable bonds is 3. The van der Waals surface area contributed by atoms with Gasteiger partial charge in [-0.1, -0.05) is 17.7 Å². The summed E-state index contributed by atoms with van der Waals surface area (Å²) >= 11 is 5.61. The van der Waals surface area contributed by atoms with E-state index in [1.54, 1.807) is 6.07 Å². The quantitative estimate of drug-likeness (QED) is 0.860. The van der Waals surface area contributed by atoms with Crippen LogP contribution in [0.25, 0.3) is 0 Å². The van der Waals surface area contributed by atoms with E-state index in [4.69, 9.17) is 16.3 Å². The van der Waals surface area contributed by atoms with Gasteiger partial charge in [-0.15, -0.1) is 0 Å². The maximum absolute atomic E-state index is 13.2. The van der Waals surface area contributed by atoms with Gasteiger partial charge in [-0.25, -0.2) is 4.39 Å². The molecule has 2 rings (SSSR count). The highest BCUT2D eigenvalue weighted by Crippen LogP contribution is 2.21. The van der Waals surface area contributed by atoms with Crippen LogP contribution in [0.1, 0.15) is 18.5 Å². The zero-order valence-electron chi connectivity index (χ0n) is 8.47. The minimum absolute atomic E-state index is 0.116. The third-order valence-corrected chi connectivity index (χ3v) is 2.87. The van der Waals surface area contributed by atoms with Crippen LogP contribution in [-0.4, -0.2) is 19.3 Å². The number of nitrogens with one attached hydrogen (secondary N) is 1. The second-order valence-electron chi connectivity index (χ2n) is 3.80. The Morgan fingerprint density at radius 3 is 2.80 bits per heavy atom. The number of hydrogen-bond donors (Lipinski definition) is 1. The van der Waals surface area contributed by atoms with Gasteiger partial charge in [0.05, 0.1) is 24.3 Å². The summed E-state index contributed by atoms with van der Waals surface area (Å²) in [6.07, 6.45) is 0. The van der Waals surface area contributed by atoms with Crippen LogP contribution >= 0.6 is 11.6 Å². The number of benzene rings is 1. The minimum atomic E-state index is -0.368. The fourth-order valence-corrected chi connectivity index (χ4v) is 1.68. The van der Waals surface area contributed by atoms with Crippen molar-refractivity contribution in [2.24, 2.45) is 0 Å². The number of halogens is 2. The van der Waals surface area contributed by atoms with Crippen LogP contribution in [0.5, 0.6) is 0 Å². The first-order valence-corrected chi connectivity index (χ1v) is 5.33. The lowest BCUT2D eigenvalue weighted by atomic mass is 10.1. The third kappa shape index (κ3) is 2.48. The van der Waals surface area contributed by atoms with E-state index in [0.717, 1.165) is 18.8 Å². The van der Waals surface area contributed by atoms with E-state index < -0.39 is 0 Å². The minimum Gasteiger partial charge on any atom is -0.378 e. The van der Waals surface area contributed by atoms with Crippen LogP contribution in [0.3, 0.4) is 0 Å².